The van der Waals surface area contributed by atoms with Crippen LogP contribution in [0.1, 0.15) is 17.3 Å². The van der Waals surface area contributed by atoms with Crippen LogP contribution < -0.4 is 4.90 Å². The number of carbonyl (C=O) groups is 1. The first-order chi connectivity index (χ1) is 9.13. The van der Waals surface area contributed by atoms with Crippen LogP contribution in [0.3, 0.4) is 0 Å². The highest BCUT2D eigenvalue weighted by molar-refractivity contribution is 5.92. The zero-order valence-electron chi connectivity index (χ0n) is 10.5. The number of aromatic carboxylic acids is 1. The van der Waals surface area contributed by atoms with Crippen molar-refractivity contribution < 1.29 is 19.1 Å². The molecule has 1 aliphatic rings. The molecule has 1 unspecified atom stereocenters. The van der Waals surface area contributed by atoms with Crippen molar-refractivity contribution in [2.24, 2.45) is 0 Å². The first kappa shape index (κ1) is 12.0. The lowest BCUT2D eigenvalue weighted by Crippen LogP contribution is -2.41. The van der Waals surface area contributed by atoms with E-state index in [0.29, 0.717) is 23.7 Å². The highest BCUT2D eigenvalue weighted by Gasteiger charge is 2.21. The lowest BCUT2D eigenvalue weighted by molar-refractivity contribution is 0.0515. The van der Waals surface area contributed by atoms with Crippen molar-refractivity contribution in [3.63, 3.8) is 0 Å². The van der Waals surface area contributed by atoms with Gasteiger partial charge >= 0.3 is 5.97 Å². The molecule has 0 amide bonds. The number of oxazole rings is 1. The summed E-state index contributed by atoms with van der Waals surface area (Å²) in [4.78, 5) is 17.3. The summed E-state index contributed by atoms with van der Waals surface area (Å²) in [6.07, 6.45) is 0.137. The number of benzene rings is 1. The van der Waals surface area contributed by atoms with Gasteiger partial charge in [-0.3, -0.25) is 0 Å². The fraction of sp³-hybridized carbons (Fsp3) is 0.385. The third-order valence-corrected chi connectivity index (χ3v) is 3.14. The summed E-state index contributed by atoms with van der Waals surface area (Å²) in [6, 6.07) is 5.21. The summed E-state index contributed by atoms with van der Waals surface area (Å²) in [5.74, 6) is -0.972. The highest BCUT2D eigenvalue weighted by Crippen LogP contribution is 2.24. The Balaban J connectivity index is 1.94. The lowest BCUT2D eigenvalue weighted by atomic mass is 10.2. The minimum atomic E-state index is -0.972. The number of carboxylic acids is 1. The molecule has 1 atom stereocenters. The average molecular weight is 262 g/mol. The van der Waals surface area contributed by atoms with E-state index in [9.17, 15) is 4.79 Å². The summed E-state index contributed by atoms with van der Waals surface area (Å²) in [7, 11) is 0. The minimum Gasteiger partial charge on any atom is -0.478 e. The van der Waals surface area contributed by atoms with Gasteiger partial charge in [0.25, 0.3) is 6.01 Å². The van der Waals surface area contributed by atoms with Crippen LogP contribution in [0.25, 0.3) is 11.1 Å². The van der Waals surface area contributed by atoms with Crippen LogP contribution in [-0.2, 0) is 4.74 Å². The van der Waals surface area contributed by atoms with Gasteiger partial charge in [-0.15, -0.1) is 0 Å². The molecule has 19 heavy (non-hydrogen) atoms. The van der Waals surface area contributed by atoms with Crippen molar-refractivity contribution in [3.05, 3.63) is 23.8 Å². The van der Waals surface area contributed by atoms with Gasteiger partial charge in [0.1, 0.15) is 5.52 Å². The second-order valence-corrected chi connectivity index (χ2v) is 4.61. The fourth-order valence-electron chi connectivity index (χ4n) is 2.17. The third-order valence-electron chi connectivity index (χ3n) is 3.14. The predicted molar refractivity (Wildman–Crippen MR) is 68.6 cm³/mol. The number of nitrogens with zero attached hydrogens (tertiary/aromatic N) is 2. The maximum atomic E-state index is 10.9. The molecule has 2 aromatic rings. The molecule has 1 saturated heterocycles. The molecular weight excluding hydrogens is 248 g/mol. The molecule has 1 fully saturated rings. The van der Waals surface area contributed by atoms with Crippen molar-refractivity contribution in [1.29, 1.82) is 0 Å². The van der Waals surface area contributed by atoms with E-state index in [1.165, 1.54) is 12.1 Å². The molecular formula is C13H14N2O4. The number of anilines is 1. The Kier molecular flexibility index (Phi) is 2.87. The predicted octanol–water partition coefficient (Wildman–Crippen LogP) is 1.75. The van der Waals surface area contributed by atoms with Gasteiger partial charge in [0.2, 0.25) is 0 Å². The number of hydrogen-bond acceptors (Lipinski definition) is 5. The largest absolute Gasteiger partial charge is 0.478 e. The summed E-state index contributed by atoms with van der Waals surface area (Å²) < 4.78 is 11.1. The van der Waals surface area contributed by atoms with Crippen molar-refractivity contribution in [3.8, 4) is 0 Å². The summed E-state index contributed by atoms with van der Waals surface area (Å²) in [5.41, 5.74) is 1.36. The molecule has 100 valence electrons. The van der Waals surface area contributed by atoms with Gasteiger partial charge in [-0.25, -0.2) is 4.79 Å². The summed E-state index contributed by atoms with van der Waals surface area (Å²) in [5, 5.41) is 8.95. The van der Waals surface area contributed by atoms with Crippen LogP contribution in [0.5, 0.6) is 0 Å². The number of rotatable bonds is 2. The molecule has 0 saturated carbocycles. The van der Waals surface area contributed by atoms with Gasteiger partial charge in [0.05, 0.1) is 18.3 Å². The molecule has 1 aromatic heterocycles. The SMILES string of the molecule is CC1CN(c2nc3ccc(C(=O)O)cc3o2)CCO1. The normalized spacial score (nSPS) is 19.8. The Morgan fingerprint density at radius 1 is 1.53 bits per heavy atom. The van der Waals surface area contributed by atoms with Crippen LogP contribution >= 0.6 is 0 Å². The van der Waals surface area contributed by atoms with Gasteiger partial charge in [0.15, 0.2) is 5.58 Å². The van der Waals surface area contributed by atoms with Crippen LogP contribution in [0.15, 0.2) is 22.6 Å². The maximum absolute atomic E-state index is 10.9. The Morgan fingerprint density at radius 2 is 2.37 bits per heavy atom. The Bertz CT molecular complexity index is 622. The summed E-state index contributed by atoms with van der Waals surface area (Å²) >= 11 is 0. The molecule has 1 N–H and O–H groups in total. The average Bonchev–Trinajstić information content (AvgIpc) is 2.81. The number of morpholine rings is 1. The highest BCUT2D eigenvalue weighted by atomic mass is 16.5. The number of hydrogen-bond donors (Lipinski definition) is 1. The van der Waals surface area contributed by atoms with Crippen LogP contribution in [0.4, 0.5) is 6.01 Å². The van der Waals surface area contributed by atoms with Crippen molar-refractivity contribution in [2.45, 2.75) is 13.0 Å². The molecule has 1 aromatic carbocycles. The van der Waals surface area contributed by atoms with E-state index in [2.05, 4.69) is 4.98 Å². The summed E-state index contributed by atoms with van der Waals surface area (Å²) in [6.45, 7) is 4.08. The van der Waals surface area contributed by atoms with Gasteiger partial charge in [-0.05, 0) is 25.1 Å². The number of aromatic nitrogens is 1. The molecule has 6 heteroatoms. The van der Waals surface area contributed by atoms with Crippen molar-refractivity contribution in [1.82, 2.24) is 4.98 Å². The van der Waals surface area contributed by atoms with Crippen LogP contribution in [-0.4, -0.2) is 41.9 Å². The van der Waals surface area contributed by atoms with E-state index in [-0.39, 0.29) is 11.7 Å². The minimum absolute atomic E-state index is 0.137. The molecule has 3 rings (SSSR count). The maximum Gasteiger partial charge on any atom is 0.335 e. The molecule has 1 aliphatic heterocycles. The van der Waals surface area contributed by atoms with E-state index >= 15 is 0 Å². The van der Waals surface area contributed by atoms with Gasteiger partial charge in [-0.1, -0.05) is 0 Å². The topological polar surface area (TPSA) is 75.8 Å². The second-order valence-electron chi connectivity index (χ2n) is 4.61. The first-order valence-corrected chi connectivity index (χ1v) is 6.14. The Labute approximate surface area is 109 Å². The van der Waals surface area contributed by atoms with E-state index in [0.717, 1.165) is 13.1 Å². The monoisotopic (exact) mass is 262 g/mol. The quantitative estimate of drug-likeness (QED) is 0.888. The molecule has 0 aliphatic carbocycles. The zero-order valence-corrected chi connectivity index (χ0v) is 10.5. The third kappa shape index (κ3) is 2.26. The van der Waals surface area contributed by atoms with E-state index in [1.807, 2.05) is 11.8 Å². The molecule has 0 radical (unpaired) electrons. The van der Waals surface area contributed by atoms with Gasteiger partial charge in [-0.2, -0.15) is 4.98 Å². The molecule has 0 spiro atoms. The van der Waals surface area contributed by atoms with Crippen molar-refractivity contribution in [2.75, 3.05) is 24.6 Å². The lowest BCUT2D eigenvalue weighted by Gasteiger charge is -2.29. The van der Waals surface area contributed by atoms with Gasteiger partial charge in [0, 0.05) is 13.1 Å². The molecule has 0 bridgehead atoms. The Hall–Kier alpha value is -2.08. The molecule has 6 nitrogen and oxygen atoms in total. The Morgan fingerprint density at radius 3 is 3.11 bits per heavy atom. The van der Waals surface area contributed by atoms with E-state index in [4.69, 9.17) is 14.3 Å². The zero-order chi connectivity index (χ0) is 13.4. The standard InChI is InChI=1S/C13H14N2O4/c1-8-7-15(4-5-18-8)13-14-10-3-2-9(12(16)17)6-11(10)19-13/h2-3,6,8H,4-5,7H2,1H3,(H,16,17). The van der Waals surface area contributed by atoms with Crippen LogP contribution in [0, 0.1) is 0 Å². The van der Waals surface area contributed by atoms with E-state index < -0.39 is 5.97 Å². The number of carboxylic acid groups (broad SMARTS) is 1. The number of ether oxygens (including phenoxy) is 1. The van der Waals surface area contributed by atoms with Crippen LogP contribution in [0.2, 0.25) is 0 Å². The smallest absolute Gasteiger partial charge is 0.335 e. The number of fused-ring (bicyclic) bond motifs is 1. The van der Waals surface area contributed by atoms with Gasteiger partial charge < -0.3 is 19.2 Å². The fourth-order valence-corrected chi connectivity index (χ4v) is 2.17. The van der Waals surface area contributed by atoms with Crippen molar-refractivity contribution >= 4 is 23.1 Å². The first-order valence-electron chi connectivity index (χ1n) is 6.14. The van der Waals surface area contributed by atoms with E-state index in [1.54, 1.807) is 6.07 Å². The second kappa shape index (κ2) is 4.55. The molecule has 2 heterocycles.